The molecule has 2 fully saturated rings. The lowest BCUT2D eigenvalue weighted by Gasteiger charge is -2.39. The van der Waals surface area contributed by atoms with Gasteiger partial charge in [0.15, 0.2) is 0 Å². The summed E-state index contributed by atoms with van der Waals surface area (Å²) in [6.45, 7) is 8.35. The molecule has 0 saturated carbocycles. The summed E-state index contributed by atoms with van der Waals surface area (Å²) in [5, 5.41) is 14.4. The molecule has 2 saturated heterocycles. The van der Waals surface area contributed by atoms with Crippen molar-refractivity contribution in [2.24, 2.45) is 0 Å². The predicted octanol–water partition coefficient (Wildman–Crippen LogP) is -0.473. The molecule has 3 atom stereocenters. The maximum absolute atomic E-state index is 4.55. The van der Waals surface area contributed by atoms with E-state index < -0.39 is 0 Å². The fraction of sp³-hybridized carbons (Fsp3) is 0.688. The van der Waals surface area contributed by atoms with Gasteiger partial charge in [-0.2, -0.15) is 0 Å². The van der Waals surface area contributed by atoms with Crippen molar-refractivity contribution in [1.29, 1.82) is 0 Å². The van der Waals surface area contributed by atoms with Crippen LogP contribution in [0.3, 0.4) is 0 Å². The number of fused-ring (bicyclic) bond motifs is 2. The van der Waals surface area contributed by atoms with E-state index in [-0.39, 0.29) is 6.04 Å². The third-order valence-electron chi connectivity index (χ3n) is 4.42. The van der Waals surface area contributed by atoms with Gasteiger partial charge >= 0.3 is 0 Å². The first-order valence-corrected chi connectivity index (χ1v) is 8.45. The van der Waals surface area contributed by atoms with Crippen LogP contribution in [0, 0.1) is 0 Å². The highest BCUT2D eigenvalue weighted by Crippen LogP contribution is 2.19. The van der Waals surface area contributed by atoms with Crippen molar-refractivity contribution >= 4 is 0 Å². The summed E-state index contributed by atoms with van der Waals surface area (Å²) in [7, 11) is 0. The second-order valence-electron chi connectivity index (χ2n) is 6.09. The van der Waals surface area contributed by atoms with Crippen LogP contribution in [0.25, 0.3) is 0 Å². The standard InChI is InChI=1S/C16H28N6/c1-2-7-19-14(4-1)16-15-12-22(13-21-16)11-10-18-6-3-5-17-8-9-20-15/h1-2,4,7,15-18,20-21H,3,5-6,8-13H2. The normalized spacial score (nSPS) is 31.5. The maximum Gasteiger partial charge on any atom is 0.0673 e. The highest BCUT2D eigenvalue weighted by Gasteiger charge is 2.30. The molecule has 2 bridgehead atoms. The van der Waals surface area contributed by atoms with Crippen molar-refractivity contribution in [1.82, 2.24) is 31.2 Å². The SMILES string of the molecule is c1ccc(C2NCN3CCNCCCNCCNC2C3)nc1. The molecule has 0 aliphatic carbocycles. The van der Waals surface area contributed by atoms with Crippen molar-refractivity contribution in [2.45, 2.75) is 18.5 Å². The zero-order valence-corrected chi connectivity index (χ0v) is 13.2. The first-order valence-electron chi connectivity index (χ1n) is 8.45. The van der Waals surface area contributed by atoms with Gasteiger partial charge in [0.25, 0.3) is 0 Å². The largest absolute Gasteiger partial charge is 0.315 e. The van der Waals surface area contributed by atoms with E-state index in [2.05, 4.69) is 43.3 Å². The summed E-state index contributed by atoms with van der Waals surface area (Å²) in [6, 6.07) is 6.85. The van der Waals surface area contributed by atoms with Crippen molar-refractivity contribution in [3.63, 3.8) is 0 Å². The van der Waals surface area contributed by atoms with Gasteiger partial charge in [-0.05, 0) is 31.6 Å². The average Bonchev–Trinajstić information content (AvgIpc) is 2.58. The number of aromatic nitrogens is 1. The fourth-order valence-corrected chi connectivity index (χ4v) is 3.21. The minimum Gasteiger partial charge on any atom is -0.315 e. The topological polar surface area (TPSA) is 64.2 Å². The minimum atomic E-state index is 0.288. The van der Waals surface area contributed by atoms with Gasteiger partial charge in [0.2, 0.25) is 0 Å². The van der Waals surface area contributed by atoms with E-state index in [4.69, 9.17) is 0 Å². The van der Waals surface area contributed by atoms with Gasteiger partial charge in [-0.25, -0.2) is 0 Å². The third kappa shape index (κ3) is 4.47. The molecule has 4 N–H and O–H groups in total. The lowest BCUT2D eigenvalue weighted by Crippen LogP contribution is -2.58. The van der Waals surface area contributed by atoms with Gasteiger partial charge in [0, 0.05) is 51.6 Å². The van der Waals surface area contributed by atoms with Crippen LogP contribution in [0.2, 0.25) is 0 Å². The highest BCUT2D eigenvalue weighted by atomic mass is 15.3. The van der Waals surface area contributed by atoms with Crippen LogP contribution in [0.1, 0.15) is 18.2 Å². The molecule has 3 unspecified atom stereocenters. The summed E-state index contributed by atoms with van der Waals surface area (Å²) < 4.78 is 0. The van der Waals surface area contributed by atoms with Gasteiger partial charge in [-0.3, -0.25) is 15.2 Å². The molecular formula is C16H28N6. The van der Waals surface area contributed by atoms with Crippen molar-refractivity contribution in [3.8, 4) is 0 Å². The number of nitrogens with zero attached hydrogens (tertiary/aromatic N) is 2. The van der Waals surface area contributed by atoms with E-state index in [0.717, 1.165) is 58.2 Å². The molecule has 3 heterocycles. The molecule has 3 rings (SSSR count). The molecule has 2 aliphatic heterocycles. The number of nitrogens with one attached hydrogen (secondary N) is 4. The predicted molar refractivity (Wildman–Crippen MR) is 88.7 cm³/mol. The van der Waals surface area contributed by atoms with Gasteiger partial charge < -0.3 is 16.0 Å². The Balaban J connectivity index is 1.65. The Kier molecular flexibility index (Phi) is 6.15. The summed E-state index contributed by atoms with van der Waals surface area (Å²) in [6.07, 6.45) is 3.08. The van der Waals surface area contributed by atoms with Crippen LogP contribution in [0.15, 0.2) is 24.4 Å². The van der Waals surface area contributed by atoms with E-state index in [1.54, 1.807) is 0 Å². The molecule has 0 aromatic carbocycles. The van der Waals surface area contributed by atoms with Gasteiger partial charge in [-0.1, -0.05) is 6.07 Å². The van der Waals surface area contributed by atoms with Gasteiger partial charge in [0.1, 0.15) is 0 Å². The van der Waals surface area contributed by atoms with Crippen molar-refractivity contribution in [3.05, 3.63) is 30.1 Å². The molecule has 0 radical (unpaired) electrons. The summed E-state index contributed by atoms with van der Waals surface area (Å²) in [5.41, 5.74) is 1.13. The third-order valence-corrected chi connectivity index (χ3v) is 4.42. The Labute approximate surface area is 133 Å². The van der Waals surface area contributed by atoms with Crippen LogP contribution in [-0.2, 0) is 0 Å². The molecule has 122 valence electrons. The lowest BCUT2D eigenvalue weighted by molar-refractivity contribution is 0.143. The zero-order valence-electron chi connectivity index (χ0n) is 13.2. The zero-order chi connectivity index (χ0) is 15.0. The Morgan fingerprint density at radius 2 is 1.91 bits per heavy atom. The second kappa shape index (κ2) is 8.55. The second-order valence-corrected chi connectivity index (χ2v) is 6.09. The Bertz CT molecular complexity index is 426. The number of hydrogen-bond donors (Lipinski definition) is 4. The van der Waals surface area contributed by atoms with Crippen LogP contribution < -0.4 is 21.3 Å². The smallest absolute Gasteiger partial charge is 0.0673 e. The van der Waals surface area contributed by atoms with E-state index >= 15 is 0 Å². The van der Waals surface area contributed by atoms with E-state index in [1.807, 2.05) is 12.3 Å². The van der Waals surface area contributed by atoms with E-state index in [9.17, 15) is 0 Å². The quantitative estimate of drug-likeness (QED) is 0.562. The van der Waals surface area contributed by atoms with E-state index in [1.165, 1.54) is 6.42 Å². The van der Waals surface area contributed by atoms with Gasteiger partial charge in [0.05, 0.1) is 11.7 Å². The minimum absolute atomic E-state index is 0.288. The Morgan fingerprint density at radius 1 is 1.00 bits per heavy atom. The van der Waals surface area contributed by atoms with Crippen molar-refractivity contribution in [2.75, 3.05) is 52.5 Å². The van der Waals surface area contributed by atoms with Crippen LogP contribution in [0.5, 0.6) is 0 Å². The first kappa shape index (κ1) is 15.8. The van der Waals surface area contributed by atoms with Crippen molar-refractivity contribution < 1.29 is 0 Å². The summed E-state index contributed by atoms with van der Waals surface area (Å²) in [4.78, 5) is 7.03. The van der Waals surface area contributed by atoms with Crippen LogP contribution >= 0.6 is 0 Å². The maximum atomic E-state index is 4.55. The molecular weight excluding hydrogens is 276 g/mol. The Morgan fingerprint density at radius 3 is 2.77 bits per heavy atom. The molecule has 22 heavy (non-hydrogen) atoms. The lowest BCUT2D eigenvalue weighted by atomic mass is 10.0. The fourth-order valence-electron chi connectivity index (χ4n) is 3.21. The Hall–Kier alpha value is -1.05. The highest BCUT2D eigenvalue weighted by molar-refractivity contribution is 5.13. The average molecular weight is 304 g/mol. The van der Waals surface area contributed by atoms with E-state index in [0.29, 0.717) is 6.04 Å². The molecule has 1 aromatic heterocycles. The van der Waals surface area contributed by atoms with Crippen LogP contribution in [-0.4, -0.2) is 68.4 Å². The molecule has 1 aromatic rings. The van der Waals surface area contributed by atoms with Crippen LogP contribution in [0.4, 0.5) is 0 Å². The van der Waals surface area contributed by atoms with Gasteiger partial charge in [-0.15, -0.1) is 0 Å². The monoisotopic (exact) mass is 304 g/mol. The summed E-state index contributed by atoms with van der Waals surface area (Å²) in [5.74, 6) is 0. The number of pyridine rings is 1. The molecule has 0 amide bonds. The number of rotatable bonds is 1. The molecule has 6 nitrogen and oxygen atoms in total. The molecule has 0 spiro atoms. The first-order chi connectivity index (χ1) is 10.9. The molecule has 2 aliphatic rings. The number of hydrogen-bond acceptors (Lipinski definition) is 6. The summed E-state index contributed by atoms with van der Waals surface area (Å²) >= 11 is 0. The molecule has 6 heteroatoms.